The van der Waals surface area contributed by atoms with E-state index in [4.69, 9.17) is 16.3 Å². The molecule has 0 aliphatic heterocycles. The number of aryl methyl sites for hydroxylation is 2. The fraction of sp³-hybridized carbons (Fsp3) is 0.143. The molecule has 3 aromatic carbocycles. The minimum Gasteiger partial charge on any atom is -0.489 e. The molecule has 0 bridgehead atoms. The summed E-state index contributed by atoms with van der Waals surface area (Å²) in [5.74, 6) is 0.814. The second-order valence-electron chi connectivity index (χ2n) is 5.87. The van der Waals surface area contributed by atoms with Gasteiger partial charge >= 0.3 is 0 Å². The van der Waals surface area contributed by atoms with E-state index >= 15 is 0 Å². The summed E-state index contributed by atoms with van der Waals surface area (Å²) in [6, 6.07) is 21.4. The predicted octanol–water partition coefficient (Wildman–Crippen LogP) is 6.95. The zero-order valence-corrected chi connectivity index (χ0v) is 15.0. The van der Waals surface area contributed by atoms with Crippen molar-refractivity contribution in [1.82, 2.24) is 0 Å². The number of rotatable bonds is 5. The van der Waals surface area contributed by atoms with Crippen LogP contribution in [-0.2, 0) is 6.61 Å². The Morgan fingerprint density at radius 1 is 0.840 bits per heavy atom. The molecule has 0 aliphatic rings. The maximum Gasteiger partial charge on any atom is 0.122 e. The van der Waals surface area contributed by atoms with Crippen molar-refractivity contribution in [1.29, 1.82) is 0 Å². The fourth-order valence-corrected chi connectivity index (χ4v) is 2.55. The molecule has 0 aromatic heterocycles. The van der Waals surface area contributed by atoms with Gasteiger partial charge in [0.15, 0.2) is 0 Å². The van der Waals surface area contributed by atoms with E-state index in [1.54, 1.807) is 0 Å². The largest absolute Gasteiger partial charge is 0.489 e. The van der Waals surface area contributed by atoms with Gasteiger partial charge in [-0.1, -0.05) is 47.5 Å². The van der Waals surface area contributed by atoms with Crippen molar-refractivity contribution in [3.05, 3.63) is 88.4 Å². The van der Waals surface area contributed by atoms with E-state index in [0.29, 0.717) is 11.6 Å². The summed E-state index contributed by atoms with van der Waals surface area (Å²) in [5, 5.41) is 9.26. The fourth-order valence-electron chi connectivity index (χ4n) is 2.36. The third-order valence-electron chi connectivity index (χ3n) is 3.81. The van der Waals surface area contributed by atoms with E-state index in [-0.39, 0.29) is 0 Å². The minimum atomic E-state index is 0.435. The molecule has 3 aromatic rings. The van der Waals surface area contributed by atoms with Crippen molar-refractivity contribution in [3.63, 3.8) is 0 Å². The van der Waals surface area contributed by atoms with Crippen LogP contribution < -0.4 is 4.74 Å². The maximum absolute atomic E-state index is 6.16. The number of halogens is 1. The molecule has 0 radical (unpaired) electrons. The molecule has 0 fully saturated rings. The van der Waals surface area contributed by atoms with Crippen LogP contribution in [0.15, 0.2) is 77.0 Å². The Bertz CT molecular complexity index is 889. The van der Waals surface area contributed by atoms with Gasteiger partial charge in [-0.15, -0.1) is 0 Å². The molecule has 126 valence electrons. The van der Waals surface area contributed by atoms with Crippen molar-refractivity contribution in [2.45, 2.75) is 20.5 Å². The third kappa shape index (κ3) is 4.68. The van der Waals surface area contributed by atoms with E-state index in [9.17, 15) is 0 Å². The lowest BCUT2D eigenvalue weighted by Crippen LogP contribution is -1.97. The highest BCUT2D eigenvalue weighted by Crippen LogP contribution is 2.27. The van der Waals surface area contributed by atoms with Crippen LogP contribution in [0.5, 0.6) is 5.75 Å². The number of nitrogens with zero attached hydrogens (tertiary/aromatic N) is 2. The summed E-state index contributed by atoms with van der Waals surface area (Å²) in [7, 11) is 0. The Labute approximate surface area is 153 Å². The van der Waals surface area contributed by atoms with Crippen LogP contribution in [0.2, 0.25) is 5.02 Å². The second-order valence-corrected chi connectivity index (χ2v) is 6.27. The number of azo groups is 1. The van der Waals surface area contributed by atoms with Crippen molar-refractivity contribution < 1.29 is 4.74 Å². The molecule has 0 spiro atoms. The standard InChI is InChI=1S/C21H19ClN2O/c1-15-7-9-18(10-8-15)23-24-19-11-12-21(16(2)13-19)25-14-17-5-3-4-6-20(17)22/h3-13H,14H2,1-2H3. The van der Waals surface area contributed by atoms with Gasteiger partial charge in [0.05, 0.1) is 11.4 Å². The first-order chi connectivity index (χ1) is 12.1. The van der Waals surface area contributed by atoms with Crippen LogP contribution in [0.25, 0.3) is 0 Å². The molecule has 0 aliphatic carbocycles. The van der Waals surface area contributed by atoms with Crippen molar-refractivity contribution >= 4 is 23.0 Å². The topological polar surface area (TPSA) is 34.0 Å². The molecule has 0 saturated heterocycles. The van der Waals surface area contributed by atoms with Crippen molar-refractivity contribution in [2.24, 2.45) is 10.2 Å². The summed E-state index contributed by atoms with van der Waals surface area (Å²) in [4.78, 5) is 0. The molecule has 0 atom stereocenters. The second kappa shape index (κ2) is 7.95. The summed E-state index contributed by atoms with van der Waals surface area (Å²) < 4.78 is 5.88. The Balaban J connectivity index is 1.68. The van der Waals surface area contributed by atoms with Crippen LogP contribution in [0.1, 0.15) is 16.7 Å². The van der Waals surface area contributed by atoms with Gasteiger partial charge in [0.25, 0.3) is 0 Å². The summed E-state index contributed by atoms with van der Waals surface area (Å²) in [6.45, 7) is 4.48. The molecule has 0 saturated carbocycles. The highest BCUT2D eigenvalue weighted by atomic mass is 35.5. The average Bonchev–Trinajstić information content (AvgIpc) is 2.62. The van der Waals surface area contributed by atoms with Crippen LogP contribution in [-0.4, -0.2) is 0 Å². The van der Waals surface area contributed by atoms with Crippen molar-refractivity contribution in [2.75, 3.05) is 0 Å². The van der Waals surface area contributed by atoms with Crippen LogP contribution in [0, 0.1) is 13.8 Å². The molecule has 4 heteroatoms. The lowest BCUT2D eigenvalue weighted by molar-refractivity contribution is 0.304. The minimum absolute atomic E-state index is 0.435. The lowest BCUT2D eigenvalue weighted by atomic mass is 10.2. The monoisotopic (exact) mass is 350 g/mol. The van der Waals surface area contributed by atoms with E-state index in [1.807, 2.05) is 80.6 Å². The summed E-state index contributed by atoms with van der Waals surface area (Å²) >= 11 is 6.16. The highest BCUT2D eigenvalue weighted by molar-refractivity contribution is 6.31. The zero-order valence-electron chi connectivity index (χ0n) is 14.2. The van der Waals surface area contributed by atoms with Gasteiger partial charge in [-0.2, -0.15) is 10.2 Å². The Morgan fingerprint density at radius 2 is 1.52 bits per heavy atom. The van der Waals surface area contributed by atoms with E-state index in [1.165, 1.54) is 5.56 Å². The molecule has 0 amide bonds. The molecular weight excluding hydrogens is 332 g/mol. The molecule has 3 rings (SSSR count). The molecule has 25 heavy (non-hydrogen) atoms. The van der Waals surface area contributed by atoms with Crippen LogP contribution in [0.4, 0.5) is 11.4 Å². The highest BCUT2D eigenvalue weighted by Gasteiger charge is 2.04. The van der Waals surface area contributed by atoms with Crippen molar-refractivity contribution in [3.8, 4) is 5.75 Å². The lowest BCUT2D eigenvalue weighted by Gasteiger charge is -2.10. The summed E-state index contributed by atoms with van der Waals surface area (Å²) in [6.07, 6.45) is 0. The molecular formula is C21H19ClN2O. The number of hydrogen-bond acceptors (Lipinski definition) is 3. The normalized spacial score (nSPS) is 11.0. The zero-order chi connectivity index (χ0) is 17.6. The van der Waals surface area contributed by atoms with Gasteiger partial charge < -0.3 is 4.74 Å². The summed E-state index contributed by atoms with van der Waals surface area (Å²) in [5.41, 5.74) is 4.80. The van der Waals surface area contributed by atoms with Gasteiger partial charge in [-0.25, -0.2) is 0 Å². The molecule has 0 N–H and O–H groups in total. The first kappa shape index (κ1) is 17.2. The predicted molar refractivity (Wildman–Crippen MR) is 102 cm³/mol. The average molecular weight is 351 g/mol. The first-order valence-electron chi connectivity index (χ1n) is 8.07. The van der Waals surface area contributed by atoms with Gasteiger partial charge in [0, 0.05) is 10.6 Å². The number of benzene rings is 3. The quantitative estimate of drug-likeness (QED) is 0.458. The van der Waals surface area contributed by atoms with Gasteiger partial charge in [0.2, 0.25) is 0 Å². The first-order valence-corrected chi connectivity index (χ1v) is 8.45. The van der Waals surface area contributed by atoms with Crippen LogP contribution >= 0.6 is 11.6 Å². The van der Waals surface area contributed by atoms with E-state index in [0.717, 1.165) is 28.3 Å². The molecule has 0 unspecified atom stereocenters. The van der Waals surface area contributed by atoms with Gasteiger partial charge in [-0.3, -0.25) is 0 Å². The smallest absolute Gasteiger partial charge is 0.122 e. The molecule has 3 nitrogen and oxygen atoms in total. The van der Waals surface area contributed by atoms with E-state index < -0.39 is 0 Å². The third-order valence-corrected chi connectivity index (χ3v) is 4.18. The number of ether oxygens (including phenoxy) is 1. The van der Waals surface area contributed by atoms with E-state index in [2.05, 4.69) is 10.2 Å². The molecule has 0 heterocycles. The van der Waals surface area contributed by atoms with Crippen LogP contribution in [0.3, 0.4) is 0 Å². The Hall–Kier alpha value is -2.65. The maximum atomic E-state index is 6.16. The Morgan fingerprint density at radius 3 is 2.24 bits per heavy atom. The number of hydrogen-bond donors (Lipinski definition) is 0. The van der Waals surface area contributed by atoms with Gasteiger partial charge in [0.1, 0.15) is 12.4 Å². The van der Waals surface area contributed by atoms with Gasteiger partial charge in [-0.05, 0) is 55.8 Å². The SMILES string of the molecule is Cc1ccc(N=Nc2ccc(OCc3ccccc3Cl)c(C)c2)cc1. The Kier molecular flexibility index (Phi) is 5.46.